The monoisotopic (exact) mass is 300 g/mol. The third kappa shape index (κ3) is 13.9. The summed E-state index contributed by atoms with van der Waals surface area (Å²) in [6.45, 7) is 0. The summed E-state index contributed by atoms with van der Waals surface area (Å²) in [5.74, 6) is 0. The summed E-state index contributed by atoms with van der Waals surface area (Å²) in [5, 5.41) is 0.794. The summed E-state index contributed by atoms with van der Waals surface area (Å²) in [5.41, 5.74) is 0. The molecule has 1 aromatic rings. The Balaban J connectivity index is 0.000000217. The maximum atomic E-state index is 5.54. The van der Waals surface area contributed by atoms with Gasteiger partial charge in [0.05, 0.1) is 0 Å². The van der Waals surface area contributed by atoms with E-state index in [0.29, 0.717) is 0 Å². The fraction of sp³-hybridized carbons (Fsp3) is 0. The molecule has 6 heteroatoms. The SMILES string of the molecule is Clc1ccccc1.[Cl][Ti]([Cl])([Cl])[Cl]. The van der Waals surface area contributed by atoms with Gasteiger partial charge in [0.25, 0.3) is 0 Å². The molecule has 68 valence electrons. The third-order valence-electron chi connectivity index (χ3n) is 0.733. The van der Waals surface area contributed by atoms with E-state index in [1.807, 2.05) is 30.3 Å². The van der Waals surface area contributed by atoms with Crippen molar-refractivity contribution in [3.05, 3.63) is 35.4 Å². The summed E-state index contributed by atoms with van der Waals surface area (Å²) in [6, 6.07) is 9.44. The zero-order chi connectivity index (χ0) is 9.61. The van der Waals surface area contributed by atoms with E-state index in [1.165, 1.54) is 0 Å². The summed E-state index contributed by atoms with van der Waals surface area (Å²) >= 11 is 2.43. The van der Waals surface area contributed by atoms with Crippen molar-refractivity contribution in [1.29, 1.82) is 0 Å². The molecule has 0 fully saturated rings. The first-order valence-electron chi connectivity index (χ1n) is 2.86. The molecule has 0 aliphatic rings. The minimum atomic E-state index is -3.11. The van der Waals surface area contributed by atoms with Crippen LogP contribution in [0.4, 0.5) is 0 Å². The molecule has 12 heavy (non-hydrogen) atoms. The van der Waals surface area contributed by atoms with E-state index >= 15 is 0 Å². The molecule has 0 spiro atoms. The van der Waals surface area contributed by atoms with Gasteiger partial charge in [-0.25, -0.2) is 0 Å². The van der Waals surface area contributed by atoms with Crippen molar-refractivity contribution >= 4 is 48.8 Å². The van der Waals surface area contributed by atoms with Crippen LogP contribution in [0.15, 0.2) is 30.3 Å². The van der Waals surface area contributed by atoms with E-state index in [9.17, 15) is 0 Å². The summed E-state index contributed by atoms with van der Waals surface area (Å²) in [4.78, 5) is 0. The Labute approximate surface area is 95.6 Å². The van der Waals surface area contributed by atoms with Crippen molar-refractivity contribution in [2.45, 2.75) is 0 Å². The van der Waals surface area contributed by atoms with Crippen molar-refractivity contribution in [3.63, 3.8) is 0 Å². The standard InChI is InChI=1S/C6H5Cl.4ClH.Ti/c7-6-4-2-1-3-5-6;;;;;/h1-5H;4*1H;/q;;;;;+4/p-4. The van der Waals surface area contributed by atoms with Crippen LogP contribution in [0.3, 0.4) is 0 Å². The summed E-state index contributed by atoms with van der Waals surface area (Å²) in [6.07, 6.45) is 0. The molecule has 0 aliphatic carbocycles. The number of halogens is 5. The molecule has 0 saturated heterocycles. The topological polar surface area (TPSA) is 0 Å². The van der Waals surface area contributed by atoms with Gasteiger partial charge in [-0.3, -0.25) is 0 Å². The molecule has 0 heterocycles. The molecule has 0 N–H and O–H groups in total. The molecule has 0 aliphatic heterocycles. The molecular formula is C6H5Cl5Ti. The number of hydrogen-bond donors (Lipinski definition) is 0. The van der Waals surface area contributed by atoms with Gasteiger partial charge in [-0.15, -0.1) is 0 Å². The van der Waals surface area contributed by atoms with Crippen molar-refractivity contribution < 1.29 is 12.3 Å². The Kier molecular flexibility index (Phi) is 7.56. The fourth-order valence-electron chi connectivity index (χ4n) is 0.415. The Hall–Kier alpha value is 1.38. The van der Waals surface area contributed by atoms with Crippen LogP contribution in [0.5, 0.6) is 0 Å². The average molecular weight is 302 g/mol. The van der Waals surface area contributed by atoms with E-state index in [-0.39, 0.29) is 0 Å². The average Bonchev–Trinajstić information content (AvgIpc) is 1.85. The predicted molar refractivity (Wildman–Crippen MR) is 54.9 cm³/mol. The number of hydrogen-bond acceptors (Lipinski definition) is 0. The van der Waals surface area contributed by atoms with Crippen molar-refractivity contribution in [2.24, 2.45) is 0 Å². The van der Waals surface area contributed by atoms with E-state index in [1.54, 1.807) is 0 Å². The second-order valence-electron chi connectivity index (χ2n) is 1.72. The normalized spacial score (nSPS) is 10.1. The van der Waals surface area contributed by atoms with Gasteiger partial charge in [-0.2, -0.15) is 0 Å². The van der Waals surface area contributed by atoms with Gasteiger partial charge in [0.1, 0.15) is 0 Å². The first-order chi connectivity index (χ1) is 5.39. The molecular weight excluding hydrogens is 297 g/mol. The zero-order valence-electron chi connectivity index (χ0n) is 5.78. The summed E-state index contributed by atoms with van der Waals surface area (Å²) < 4.78 is 0. The summed E-state index contributed by atoms with van der Waals surface area (Å²) in [7, 11) is 20.1. The van der Waals surface area contributed by atoms with Crippen molar-refractivity contribution in [3.8, 4) is 0 Å². The van der Waals surface area contributed by atoms with Gasteiger partial charge in [-0.05, 0) is 12.1 Å². The van der Waals surface area contributed by atoms with E-state index in [4.69, 9.17) is 48.8 Å². The van der Waals surface area contributed by atoms with Crippen molar-refractivity contribution in [1.82, 2.24) is 0 Å². The molecule has 0 radical (unpaired) electrons. The molecule has 0 atom stereocenters. The Morgan fingerprint density at radius 3 is 1.33 bits per heavy atom. The van der Waals surface area contributed by atoms with E-state index < -0.39 is 12.3 Å². The first-order valence-corrected chi connectivity index (χ1v) is 11.8. The van der Waals surface area contributed by atoms with Gasteiger partial charge < -0.3 is 0 Å². The zero-order valence-corrected chi connectivity index (χ0v) is 11.1. The fourth-order valence-corrected chi connectivity index (χ4v) is 0.560. The van der Waals surface area contributed by atoms with Crippen LogP contribution in [-0.2, 0) is 12.3 Å². The minimum absolute atomic E-state index is 0.794. The van der Waals surface area contributed by atoms with Crippen LogP contribution in [0.25, 0.3) is 0 Å². The second kappa shape index (κ2) is 6.78. The number of benzene rings is 1. The van der Waals surface area contributed by atoms with Crippen LogP contribution in [0.2, 0.25) is 5.02 Å². The second-order valence-corrected chi connectivity index (χ2v) is 17.6. The van der Waals surface area contributed by atoms with Crippen LogP contribution in [0.1, 0.15) is 0 Å². The van der Waals surface area contributed by atoms with Crippen LogP contribution < -0.4 is 0 Å². The molecule has 0 bridgehead atoms. The van der Waals surface area contributed by atoms with Crippen molar-refractivity contribution in [2.75, 3.05) is 0 Å². The molecule has 0 unspecified atom stereocenters. The Morgan fingerprint density at radius 2 is 1.17 bits per heavy atom. The van der Waals surface area contributed by atoms with Gasteiger partial charge >= 0.3 is 49.6 Å². The molecule has 0 amide bonds. The molecule has 1 rings (SSSR count). The van der Waals surface area contributed by atoms with Gasteiger partial charge in [0.15, 0.2) is 0 Å². The van der Waals surface area contributed by atoms with Crippen LogP contribution in [-0.4, -0.2) is 0 Å². The number of rotatable bonds is 0. The molecule has 0 saturated carbocycles. The van der Waals surface area contributed by atoms with E-state index in [2.05, 4.69) is 0 Å². The molecule has 0 aromatic heterocycles. The third-order valence-corrected chi connectivity index (χ3v) is 0.985. The van der Waals surface area contributed by atoms with E-state index in [0.717, 1.165) is 5.02 Å². The van der Waals surface area contributed by atoms with Gasteiger partial charge in [0, 0.05) is 5.02 Å². The van der Waals surface area contributed by atoms with Crippen LogP contribution >= 0.6 is 48.8 Å². The molecule has 1 aromatic carbocycles. The first kappa shape index (κ1) is 13.4. The quantitative estimate of drug-likeness (QED) is 0.585. The van der Waals surface area contributed by atoms with Gasteiger partial charge in [-0.1, -0.05) is 29.8 Å². The Bertz CT molecular complexity index is 201. The predicted octanol–water partition coefficient (Wildman–Crippen LogP) is 5.10. The van der Waals surface area contributed by atoms with Gasteiger partial charge in [0.2, 0.25) is 0 Å². The molecule has 0 nitrogen and oxygen atoms in total. The Morgan fingerprint density at radius 1 is 0.833 bits per heavy atom. The maximum absolute atomic E-state index is 5.54. The van der Waals surface area contributed by atoms with Crippen LogP contribution in [0, 0.1) is 0 Å².